The van der Waals surface area contributed by atoms with Gasteiger partial charge in [-0.3, -0.25) is 4.79 Å². The fraction of sp³-hybridized carbons (Fsp3) is 0.385. The molecule has 1 atom stereocenters. The van der Waals surface area contributed by atoms with E-state index in [0.717, 1.165) is 3.97 Å². The van der Waals surface area contributed by atoms with Gasteiger partial charge >= 0.3 is 0 Å². The summed E-state index contributed by atoms with van der Waals surface area (Å²) < 4.78 is 14.5. The Kier molecular flexibility index (Phi) is 4.72. The summed E-state index contributed by atoms with van der Waals surface area (Å²) in [4.78, 5) is 20.7. The Bertz CT molecular complexity index is 770. The average molecular weight is 386 g/mol. The molecule has 2 heterocycles. The van der Waals surface area contributed by atoms with E-state index in [0.29, 0.717) is 10.1 Å². The molecule has 0 saturated carbocycles. The van der Waals surface area contributed by atoms with Gasteiger partial charge in [0.1, 0.15) is 10.1 Å². The third-order valence-electron chi connectivity index (χ3n) is 3.47. The Morgan fingerprint density at radius 1 is 1.64 bits per heavy atom. The molecule has 0 aliphatic rings. The summed E-state index contributed by atoms with van der Waals surface area (Å²) in [6, 6.07) is 1.75. The number of hydrogen-bond acceptors (Lipinski definition) is 5. The van der Waals surface area contributed by atoms with Gasteiger partial charge in [0.2, 0.25) is 0 Å². The lowest BCUT2D eigenvalue weighted by Gasteiger charge is -2.25. The van der Waals surface area contributed by atoms with Gasteiger partial charge < -0.3 is 5.32 Å². The van der Waals surface area contributed by atoms with Crippen LogP contribution in [0, 0.1) is 16.7 Å². The summed E-state index contributed by atoms with van der Waals surface area (Å²) in [6.45, 7) is 5.20. The molecule has 1 unspecified atom stereocenters. The number of nitrogens with zero attached hydrogens (tertiary/aromatic N) is 4. The number of carbonyl (C=O) groups excluding carboxylic acids is 1. The van der Waals surface area contributed by atoms with Crippen LogP contribution in [-0.4, -0.2) is 25.9 Å². The van der Waals surface area contributed by atoms with Gasteiger partial charge in [-0.15, -0.1) is 3.89 Å². The SMILES string of the molecule is CC(NC(=O)c1cn(SF)c2ncc(Br)nc12)C(C)(C)C#N. The van der Waals surface area contributed by atoms with Crippen LogP contribution in [0.2, 0.25) is 0 Å². The van der Waals surface area contributed by atoms with E-state index in [1.54, 1.807) is 20.8 Å². The smallest absolute Gasteiger partial charge is 0.255 e. The Hall–Kier alpha value is -1.66. The summed E-state index contributed by atoms with van der Waals surface area (Å²) in [5.74, 6) is -0.430. The average Bonchev–Trinajstić information content (AvgIpc) is 2.84. The predicted molar refractivity (Wildman–Crippen MR) is 85.6 cm³/mol. The van der Waals surface area contributed by atoms with Gasteiger partial charge in [-0.05, 0) is 36.7 Å². The first-order valence-electron chi connectivity index (χ1n) is 6.35. The lowest BCUT2D eigenvalue weighted by molar-refractivity contribution is 0.0921. The highest BCUT2D eigenvalue weighted by Gasteiger charge is 2.28. The summed E-state index contributed by atoms with van der Waals surface area (Å²) in [5, 5.41) is 11.9. The fourth-order valence-electron chi connectivity index (χ4n) is 1.71. The zero-order valence-electron chi connectivity index (χ0n) is 12.1. The van der Waals surface area contributed by atoms with Crippen molar-refractivity contribution in [3.05, 3.63) is 22.6 Å². The molecule has 22 heavy (non-hydrogen) atoms. The molecule has 2 aromatic rings. The van der Waals surface area contributed by atoms with Gasteiger partial charge in [0, 0.05) is 12.2 Å². The van der Waals surface area contributed by atoms with Crippen molar-refractivity contribution in [3.8, 4) is 6.07 Å². The number of carbonyl (C=O) groups is 1. The van der Waals surface area contributed by atoms with Crippen LogP contribution in [0.25, 0.3) is 11.2 Å². The molecule has 9 heteroatoms. The van der Waals surface area contributed by atoms with Crippen molar-refractivity contribution >= 4 is 45.3 Å². The van der Waals surface area contributed by atoms with Crippen molar-refractivity contribution < 1.29 is 8.68 Å². The highest BCUT2D eigenvalue weighted by molar-refractivity contribution is 9.10. The second-order valence-electron chi connectivity index (χ2n) is 5.33. The van der Waals surface area contributed by atoms with Crippen molar-refractivity contribution in [2.45, 2.75) is 26.8 Å². The number of fused-ring (bicyclic) bond motifs is 1. The number of hydrogen-bond donors (Lipinski definition) is 1. The molecule has 1 amide bonds. The molecular weight excluding hydrogens is 373 g/mol. The van der Waals surface area contributed by atoms with Crippen LogP contribution < -0.4 is 5.32 Å². The van der Waals surface area contributed by atoms with Crippen molar-refractivity contribution in [1.82, 2.24) is 19.3 Å². The maximum Gasteiger partial charge on any atom is 0.255 e. The van der Waals surface area contributed by atoms with Crippen molar-refractivity contribution in [2.75, 3.05) is 0 Å². The lowest BCUT2D eigenvalue weighted by atomic mass is 9.87. The molecule has 6 nitrogen and oxygen atoms in total. The molecule has 0 aromatic carbocycles. The minimum Gasteiger partial charge on any atom is -0.348 e. The maximum atomic E-state index is 13.0. The quantitative estimate of drug-likeness (QED) is 0.872. The molecule has 0 fully saturated rings. The normalized spacial score (nSPS) is 12.9. The standard InChI is InChI=1S/C13H13BrFN5OS/c1-7(13(2,3)6-16)18-12(21)8-5-20(22-15)11-10(8)19-9(14)4-17-11/h4-5,7H,1-3H3,(H,18,21). The van der Waals surface area contributed by atoms with Crippen LogP contribution in [0.1, 0.15) is 31.1 Å². The Balaban J connectivity index is 2.40. The summed E-state index contributed by atoms with van der Waals surface area (Å²) >= 11 is 3.12. The molecule has 0 bridgehead atoms. The van der Waals surface area contributed by atoms with Crippen LogP contribution >= 0.6 is 28.3 Å². The second-order valence-corrected chi connectivity index (χ2v) is 6.68. The fourth-order valence-corrected chi connectivity index (χ4v) is 2.34. The van der Waals surface area contributed by atoms with E-state index >= 15 is 0 Å². The zero-order chi connectivity index (χ0) is 16.5. The van der Waals surface area contributed by atoms with E-state index in [1.807, 2.05) is 0 Å². The van der Waals surface area contributed by atoms with Gasteiger partial charge in [-0.2, -0.15) is 5.26 Å². The third kappa shape index (κ3) is 3.08. The molecule has 116 valence electrons. The summed E-state index contributed by atoms with van der Waals surface area (Å²) in [6.07, 6.45) is 2.77. The van der Waals surface area contributed by atoms with Gasteiger partial charge in [-0.1, -0.05) is 0 Å². The lowest BCUT2D eigenvalue weighted by Crippen LogP contribution is -2.42. The van der Waals surface area contributed by atoms with Gasteiger partial charge in [0.05, 0.1) is 23.2 Å². The van der Waals surface area contributed by atoms with Crippen molar-refractivity contribution in [3.63, 3.8) is 0 Å². The highest BCUT2D eigenvalue weighted by Crippen LogP contribution is 2.25. The monoisotopic (exact) mass is 385 g/mol. The molecule has 0 spiro atoms. The van der Waals surface area contributed by atoms with E-state index in [-0.39, 0.29) is 29.6 Å². The minimum absolute atomic E-state index is 0.0622. The Labute approximate surface area is 139 Å². The Morgan fingerprint density at radius 3 is 2.91 bits per heavy atom. The van der Waals surface area contributed by atoms with E-state index in [4.69, 9.17) is 5.26 Å². The largest absolute Gasteiger partial charge is 0.348 e. The first kappa shape index (κ1) is 16.7. The van der Waals surface area contributed by atoms with Gasteiger partial charge in [0.15, 0.2) is 18.0 Å². The van der Waals surface area contributed by atoms with Crippen LogP contribution in [0.3, 0.4) is 0 Å². The minimum atomic E-state index is -0.727. The molecule has 0 radical (unpaired) electrons. The highest BCUT2D eigenvalue weighted by atomic mass is 79.9. The van der Waals surface area contributed by atoms with E-state index < -0.39 is 11.3 Å². The molecule has 0 aliphatic heterocycles. The Morgan fingerprint density at radius 2 is 2.32 bits per heavy atom. The number of amides is 1. The van der Waals surface area contributed by atoms with E-state index in [9.17, 15) is 8.68 Å². The molecule has 1 N–H and O–H groups in total. The number of aromatic nitrogens is 3. The maximum absolute atomic E-state index is 13.0. The number of nitrogens with one attached hydrogen (secondary N) is 1. The predicted octanol–water partition coefficient (Wildman–Crippen LogP) is 3.24. The van der Waals surface area contributed by atoms with Gasteiger partial charge in [-0.25, -0.2) is 13.9 Å². The van der Waals surface area contributed by atoms with E-state index in [1.165, 1.54) is 12.4 Å². The molecule has 0 aliphatic carbocycles. The molecule has 2 rings (SSSR count). The van der Waals surface area contributed by atoms with Crippen LogP contribution in [-0.2, 0) is 0 Å². The van der Waals surface area contributed by atoms with Crippen LogP contribution in [0.4, 0.5) is 3.89 Å². The van der Waals surface area contributed by atoms with Crippen LogP contribution in [0.15, 0.2) is 17.0 Å². The number of halogens is 2. The zero-order valence-corrected chi connectivity index (χ0v) is 14.5. The number of nitriles is 1. The molecule has 2 aromatic heterocycles. The van der Waals surface area contributed by atoms with Crippen molar-refractivity contribution in [1.29, 1.82) is 5.26 Å². The van der Waals surface area contributed by atoms with E-state index in [2.05, 4.69) is 37.3 Å². The molecule has 0 saturated heterocycles. The third-order valence-corrected chi connectivity index (χ3v) is 4.28. The van der Waals surface area contributed by atoms with Crippen LogP contribution in [0.5, 0.6) is 0 Å². The van der Waals surface area contributed by atoms with Crippen molar-refractivity contribution in [2.24, 2.45) is 5.41 Å². The first-order valence-corrected chi connectivity index (χ1v) is 7.81. The molecular formula is C13H13BrFN5OS. The summed E-state index contributed by atoms with van der Waals surface area (Å²) in [5.41, 5.74) is 0.0244. The summed E-state index contributed by atoms with van der Waals surface area (Å²) in [7, 11) is 0. The second kappa shape index (κ2) is 6.22. The topological polar surface area (TPSA) is 83.6 Å². The van der Waals surface area contributed by atoms with Gasteiger partial charge in [0.25, 0.3) is 5.91 Å². The first-order chi connectivity index (χ1) is 10.3. The number of rotatable bonds is 4.